The third-order valence-corrected chi connectivity index (χ3v) is 3.44. The van der Waals surface area contributed by atoms with E-state index in [2.05, 4.69) is 38.3 Å². The number of aromatic nitrogens is 3. The average Bonchev–Trinajstić information content (AvgIpc) is 2.79. The molecule has 0 aliphatic carbocycles. The molecule has 2 heterocycles. The zero-order valence-corrected chi connectivity index (χ0v) is 11.7. The van der Waals surface area contributed by atoms with Crippen molar-refractivity contribution in [3.05, 3.63) is 39.8 Å². The molecule has 2 rings (SSSR count). The van der Waals surface area contributed by atoms with Gasteiger partial charge < -0.3 is 5.32 Å². The van der Waals surface area contributed by atoms with Crippen molar-refractivity contribution in [2.45, 2.75) is 20.0 Å². The fourth-order valence-electron chi connectivity index (χ4n) is 1.39. The van der Waals surface area contributed by atoms with Gasteiger partial charge in [-0.05, 0) is 28.9 Å². The smallest absolute Gasteiger partial charge is 0.143 e. The van der Waals surface area contributed by atoms with Gasteiger partial charge in [-0.1, -0.05) is 11.6 Å². The van der Waals surface area contributed by atoms with Gasteiger partial charge in [0.25, 0.3) is 0 Å². The van der Waals surface area contributed by atoms with E-state index < -0.39 is 0 Å². The zero-order valence-electron chi connectivity index (χ0n) is 9.32. The van der Waals surface area contributed by atoms with Crippen LogP contribution < -0.4 is 5.32 Å². The minimum atomic E-state index is 0.467. The minimum absolute atomic E-state index is 0.467. The van der Waals surface area contributed by atoms with Crippen molar-refractivity contribution in [1.82, 2.24) is 14.8 Å². The second-order valence-electron chi connectivity index (χ2n) is 3.55. The molecule has 2 aromatic rings. The summed E-state index contributed by atoms with van der Waals surface area (Å²) in [4.78, 5) is 4.05. The Morgan fingerprint density at radius 3 is 2.94 bits per heavy atom. The predicted octanol–water partition coefficient (Wildman–Crippen LogP) is 3.33. The van der Waals surface area contributed by atoms with E-state index in [-0.39, 0.29) is 0 Å². The van der Waals surface area contributed by atoms with Crippen molar-refractivity contribution in [3.8, 4) is 0 Å². The van der Waals surface area contributed by atoms with Gasteiger partial charge in [-0.15, -0.1) is 0 Å². The van der Waals surface area contributed by atoms with E-state index in [0.29, 0.717) is 5.15 Å². The average molecular weight is 316 g/mol. The Bertz CT molecular complexity index is 512. The first kappa shape index (κ1) is 12.4. The molecular formula is C11H12BrClN4. The lowest BCUT2D eigenvalue weighted by molar-refractivity contribution is 0.659. The van der Waals surface area contributed by atoms with Gasteiger partial charge in [0.15, 0.2) is 0 Å². The Morgan fingerprint density at radius 2 is 2.29 bits per heavy atom. The number of nitrogens with one attached hydrogen (secondary N) is 1. The van der Waals surface area contributed by atoms with E-state index in [0.717, 1.165) is 28.8 Å². The standard InChI is InChI=1S/C11H12BrClN4/c1-2-17-7-8(5-16-17)4-14-9-3-10(12)11(13)15-6-9/h3,5-7,14H,2,4H2,1H3. The molecule has 0 amide bonds. The van der Waals surface area contributed by atoms with Crippen molar-refractivity contribution >= 4 is 33.2 Å². The summed E-state index contributed by atoms with van der Waals surface area (Å²) in [6, 6.07) is 1.90. The Hall–Kier alpha value is -1.07. The third kappa shape index (κ3) is 3.20. The lowest BCUT2D eigenvalue weighted by atomic mass is 10.3. The Kier molecular flexibility index (Phi) is 4.02. The van der Waals surface area contributed by atoms with Crippen LogP contribution in [0.3, 0.4) is 0 Å². The van der Waals surface area contributed by atoms with Crippen LogP contribution in [0.4, 0.5) is 5.69 Å². The van der Waals surface area contributed by atoms with Crippen molar-refractivity contribution in [1.29, 1.82) is 0 Å². The SMILES string of the molecule is CCn1cc(CNc2cnc(Cl)c(Br)c2)cn1. The first-order chi connectivity index (χ1) is 8.19. The summed E-state index contributed by atoms with van der Waals surface area (Å²) in [5, 5.41) is 7.94. The highest BCUT2D eigenvalue weighted by Crippen LogP contribution is 2.23. The summed E-state index contributed by atoms with van der Waals surface area (Å²) in [5.41, 5.74) is 2.06. The quantitative estimate of drug-likeness (QED) is 0.880. The molecular weight excluding hydrogens is 304 g/mol. The molecule has 0 saturated heterocycles. The molecule has 0 aromatic carbocycles. The van der Waals surface area contributed by atoms with Crippen molar-refractivity contribution in [2.24, 2.45) is 0 Å². The van der Waals surface area contributed by atoms with E-state index >= 15 is 0 Å². The maximum Gasteiger partial charge on any atom is 0.143 e. The number of aryl methyl sites for hydroxylation is 1. The largest absolute Gasteiger partial charge is 0.380 e. The second kappa shape index (κ2) is 5.51. The van der Waals surface area contributed by atoms with Gasteiger partial charge in [0.1, 0.15) is 5.15 Å². The topological polar surface area (TPSA) is 42.7 Å². The molecule has 0 bridgehead atoms. The monoisotopic (exact) mass is 314 g/mol. The molecule has 2 aromatic heterocycles. The van der Waals surface area contributed by atoms with Gasteiger partial charge in [-0.25, -0.2) is 4.98 Å². The highest BCUT2D eigenvalue weighted by Gasteiger charge is 2.01. The molecule has 90 valence electrons. The third-order valence-electron chi connectivity index (χ3n) is 2.30. The Morgan fingerprint density at radius 1 is 1.47 bits per heavy atom. The molecule has 1 N–H and O–H groups in total. The fourth-order valence-corrected chi connectivity index (χ4v) is 1.84. The van der Waals surface area contributed by atoms with Crippen LogP contribution in [0.25, 0.3) is 0 Å². The lowest BCUT2D eigenvalue weighted by Crippen LogP contribution is -1.99. The summed E-state index contributed by atoms with van der Waals surface area (Å²) in [7, 11) is 0. The van der Waals surface area contributed by atoms with Crippen LogP contribution in [0.2, 0.25) is 5.15 Å². The zero-order chi connectivity index (χ0) is 12.3. The van der Waals surface area contributed by atoms with Crippen LogP contribution in [-0.2, 0) is 13.1 Å². The molecule has 0 fully saturated rings. The molecule has 0 radical (unpaired) electrons. The number of nitrogens with zero attached hydrogens (tertiary/aromatic N) is 3. The minimum Gasteiger partial charge on any atom is -0.380 e. The highest BCUT2D eigenvalue weighted by atomic mass is 79.9. The molecule has 0 spiro atoms. The van der Waals surface area contributed by atoms with Crippen LogP contribution in [0, 0.1) is 0 Å². The number of rotatable bonds is 4. The molecule has 0 saturated carbocycles. The lowest BCUT2D eigenvalue weighted by Gasteiger charge is -2.05. The van der Waals surface area contributed by atoms with E-state index in [4.69, 9.17) is 11.6 Å². The van der Waals surface area contributed by atoms with Gasteiger partial charge in [-0.2, -0.15) is 5.10 Å². The van der Waals surface area contributed by atoms with E-state index in [1.54, 1.807) is 6.20 Å². The van der Waals surface area contributed by atoms with Crippen molar-refractivity contribution in [2.75, 3.05) is 5.32 Å². The number of hydrogen-bond acceptors (Lipinski definition) is 3. The van der Waals surface area contributed by atoms with E-state index in [9.17, 15) is 0 Å². The summed E-state index contributed by atoms with van der Waals surface area (Å²) in [6.07, 6.45) is 5.58. The molecule has 4 nitrogen and oxygen atoms in total. The van der Waals surface area contributed by atoms with Gasteiger partial charge in [0, 0.05) is 24.8 Å². The molecule has 0 unspecified atom stereocenters. The van der Waals surface area contributed by atoms with Crippen molar-refractivity contribution in [3.63, 3.8) is 0 Å². The number of anilines is 1. The summed E-state index contributed by atoms with van der Waals surface area (Å²) >= 11 is 9.16. The van der Waals surface area contributed by atoms with Crippen LogP contribution in [-0.4, -0.2) is 14.8 Å². The number of halogens is 2. The van der Waals surface area contributed by atoms with Crippen LogP contribution in [0.1, 0.15) is 12.5 Å². The second-order valence-corrected chi connectivity index (χ2v) is 4.77. The Balaban J connectivity index is 1.99. The number of hydrogen-bond donors (Lipinski definition) is 1. The molecule has 0 atom stereocenters. The van der Waals surface area contributed by atoms with Crippen LogP contribution in [0.5, 0.6) is 0 Å². The first-order valence-electron chi connectivity index (χ1n) is 5.25. The normalized spacial score (nSPS) is 10.5. The summed E-state index contributed by atoms with van der Waals surface area (Å²) in [5.74, 6) is 0. The fraction of sp³-hybridized carbons (Fsp3) is 0.273. The highest BCUT2D eigenvalue weighted by molar-refractivity contribution is 9.10. The molecule has 17 heavy (non-hydrogen) atoms. The first-order valence-corrected chi connectivity index (χ1v) is 6.42. The van der Waals surface area contributed by atoms with E-state index in [1.807, 2.05) is 23.1 Å². The molecule has 0 aliphatic heterocycles. The molecule has 6 heteroatoms. The van der Waals surface area contributed by atoms with Crippen molar-refractivity contribution < 1.29 is 0 Å². The van der Waals surface area contributed by atoms with Gasteiger partial charge in [0.05, 0.1) is 22.6 Å². The predicted molar refractivity (Wildman–Crippen MR) is 72.2 cm³/mol. The van der Waals surface area contributed by atoms with Gasteiger partial charge in [-0.3, -0.25) is 4.68 Å². The summed E-state index contributed by atoms with van der Waals surface area (Å²) in [6.45, 7) is 3.66. The maximum absolute atomic E-state index is 5.82. The van der Waals surface area contributed by atoms with Crippen LogP contribution in [0.15, 0.2) is 29.1 Å². The molecule has 0 aliphatic rings. The maximum atomic E-state index is 5.82. The van der Waals surface area contributed by atoms with E-state index in [1.165, 1.54) is 0 Å². The number of pyridine rings is 1. The Labute approximate surface area is 113 Å². The van der Waals surface area contributed by atoms with Gasteiger partial charge >= 0.3 is 0 Å². The van der Waals surface area contributed by atoms with Gasteiger partial charge in [0.2, 0.25) is 0 Å². The van der Waals surface area contributed by atoms with Crippen LogP contribution >= 0.6 is 27.5 Å². The summed E-state index contributed by atoms with van der Waals surface area (Å²) < 4.78 is 2.68.